The summed E-state index contributed by atoms with van der Waals surface area (Å²) in [5, 5.41) is 12.3. The number of hydrogen-bond acceptors (Lipinski definition) is 3. The van der Waals surface area contributed by atoms with Crippen molar-refractivity contribution in [1.82, 2.24) is 10.2 Å². The van der Waals surface area contributed by atoms with Gasteiger partial charge in [-0.2, -0.15) is 0 Å². The monoisotopic (exact) mass is 264 g/mol. The first kappa shape index (κ1) is 13.7. The number of para-hydroxylation sites is 1. The number of nitrogens with one attached hydrogen (secondary N) is 1. The molecule has 0 saturated carbocycles. The fourth-order valence-electron chi connectivity index (χ4n) is 2.20. The molecule has 1 fully saturated rings. The molecule has 2 N–H and O–H groups in total. The Morgan fingerprint density at radius 1 is 1.42 bits per heavy atom. The Hall–Kier alpha value is -1.75. The Balaban J connectivity index is 1.86. The highest BCUT2D eigenvalue weighted by Gasteiger charge is 2.20. The van der Waals surface area contributed by atoms with E-state index < -0.39 is 0 Å². The molecule has 19 heavy (non-hydrogen) atoms. The SMILES string of the molecule is COc1ccccc1CNC(=O)N1CCC(O)CC1. The van der Waals surface area contributed by atoms with Crippen molar-refractivity contribution >= 4 is 6.03 Å². The van der Waals surface area contributed by atoms with Gasteiger partial charge in [-0.25, -0.2) is 4.79 Å². The second kappa shape index (κ2) is 6.43. The topological polar surface area (TPSA) is 61.8 Å². The van der Waals surface area contributed by atoms with E-state index in [1.165, 1.54) is 0 Å². The lowest BCUT2D eigenvalue weighted by atomic mass is 10.1. The zero-order valence-corrected chi connectivity index (χ0v) is 11.1. The molecule has 0 unspecified atom stereocenters. The normalized spacial score (nSPS) is 16.2. The third kappa shape index (κ3) is 3.61. The maximum atomic E-state index is 12.0. The molecule has 5 heteroatoms. The Morgan fingerprint density at radius 2 is 2.11 bits per heavy atom. The number of nitrogens with zero attached hydrogens (tertiary/aromatic N) is 1. The highest BCUT2D eigenvalue weighted by Crippen LogP contribution is 2.17. The van der Waals surface area contributed by atoms with E-state index >= 15 is 0 Å². The molecule has 0 spiro atoms. The van der Waals surface area contributed by atoms with Gasteiger partial charge in [-0.15, -0.1) is 0 Å². The number of hydrogen-bond donors (Lipinski definition) is 2. The zero-order chi connectivity index (χ0) is 13.7. The molecule has 0 aliphatic carbocycles. The average molecular weight is 264 g/mol. The minimum Gasteiger partial charge on any atom is -0.496 e. The van der Waals surface area contributed by atoms with Gasteiger partial charge < -0.3 is 20.1 Å². The van der Waals surface area contributed by atoms with E-state index in [2.05, 4.69) is 5.32 Å². The van der Waals surface area contributed by atoms with Crippen LogP contribution < -0.4 is 10.1 Å². The second-order valence-corrected chi connectivity index (χ2v) is 4.69. The van der Waals surface area contributed by atoms with Crippen LogP contribution in [0.15, 0.2) is 24.3 Å². The van der Waals surface area contributed by atoms with Gasteiger partial charge in [-0.05, 0) is 18.9 Å². The molecule has 1 heterocycles. The summed E-state index contributed by atoms with van der Waals surface area (Å²) in [5.41, 5.74) is 0.954. The minimum atomic E-state index is -0.265. The summed E-state index contributed by atoms with van der Waals surface area (Å²) in [5.74, 6) is 0.775. The van der Waals surface area contributed by atoms with Gasteiger partial charge in [0.1, 0.15) is 5.75 Å². The van der Waals surface area contributed by atoms with E-state index in [1.807, 2.05) is 24.3 Å². The molecular formula is C14H20N2O3. The third-order valence-corrected chi connectivity index (χ3v) is 3.37. The summed E-state index contributed by atoms with van der Waals surface area (Å²) >= 11 is 0. The van der Waals surface area contributed by atoms with E-state index in [4.69, 9.17) is 4.74 Å². The van der Waals surface area contributed by atoms with Gasteiger partial charge >= 0.3 is 6.03 Å². The minimum absolute atomic E-state index is 0.0854. The summed E-state index contributed by atoms with van der Waals surface area (Å²) in [6.07, 6.45) is 1.04. The maximum absolute atomic E-state index is 12.0. The lowest BCUT2D eigenvalue weighted by Crippen LogP contribution is -2.45. The van der Waals surface area contributed by atoms with Gasteiger partial charge in [0, 0.05) is 25.2 Å². The number of urea groups is 1. The predicted octanol–water partition coefficient (Wildman–Crippen LogP) is 1.36. The van der Waals surface area contributed by atoms with Crippen molar-refractivity contribution in [3.8, 4) is 5.75 Å². The summed E-state index contributed by atoms with van der Waals surface area (Å²) in [4.78, 5) is 13.7. The fourth-order valence-corrected chi connectivity index (χ4v) is 2.20. The molecule has 1 saturated heterocycles. The van der Waals surface area contributed by atoms with Crippen molar-refractivity contribution in [2.24, 2.45) is 0 Å². The van der Waals surface area contributed by atoms with E-state index in [0.717, 1.165) is 11.3 Å². The van der Waals surface area contributed by atoms with Gasteiger partial charge in [-0.1, -0.05) is 18.2 Å². The van der Waals surface area contributed by atoms with Crippen molar-refractivity contribution in [2.75, 3.05) is 20.2 Å². The molecule has 5 nitrogen and oxygen atoms in total. The number of carbonyl (C=O) groups excluding carboxylic acids is 1. The number of benzene rings is 1. The second-order valence-electron chi connectivity index (χ2n) is 4.69. The fraction of sp³-hybridized carbons (Fsp3) is 0.500. The lowest BCUT2D eigenvalue weighted by Gasteiger charge is -2.29. The summed E-state index contributed by atoms with van der Waals surface area (Å²) in [7, 11) is 1.62. The van der Waals surface area contributed by atoms with Crippen LogP contribution in [0.1, 0.15) is 18.4 Å². The van der Waals surface area contributed by atoms with Crippen molar-refractivity contribution in [1.29, 1.82) is 0 Å². The first-order chi connectivity index (χ1) is 9.20. The van der Waals surface area contributed by atoms with Crippen LogP contribution in [-0.2, 0) is 6.54 Å². The molecule has 0 radical (unpaired) electrons. The van der Waals surface area contributed by atoms with Crippen LogP contribution in [0, 0.1) is 0 Å². The molecule has 1 aromatic rings. The van der Waals surface area contributed by atoms with Crippen LogP contribution >= 0.6 is 0 Å². The standard InChI is InChI=1S/C14H20N2O3/c1-19-13-5-3-2-4-11(13)10-15-14(18)16-8-6-12(17)7-9-16/h2-5,12,17H,6-10H2,1H3,(H,15,18). The van der Waals surface area contributed by atoms with Crippen molar-refractivity contribution in [3.05, 3.63) is 29.8 Å². The van der Waals surface area contributed by atoms with Crippen LogP contribution in [0.2, 0.25) is 0 Å². The van der Waals surface area contributed by atoms with Gasteiger partial charge in [0.05, 0.1) is 13.2 Å². The Morgan fingerprint density at radius 3 is 2.79 bits per heavy atom. The van der Waals surface area contributed by atoms with Crippen LogP contribution in [0.25, 0.3) is 0 Å². The van der Waals surface area contributed by atoms with E-state index in [0.29, 0.717) is 32.5 Å². The molecule has 2 amide bonds. The summed E-state index contributed by atoms with van der Waals surface area (Å²) in [6, 6.07) is 7.53. The van der Waals surface area contributed by atoms with Gasteiger partial charge in [0.2, 0.25) is 0 Å². The van der Waals surface area contributed by atoms with E-state index in [-0.39, 0.29) is 12.1 Å². The quantitative estimate of drug-likeness (QED) is 0.866. The molecule has 0 bridgehead atoms. The number of piperidine rings is 1. The number of carbonyl (C=O) groups is 1. The molecule has 0 atom stereocenters. The van der Waals surface area contributed by atoms with Crippen LogP contribution in [0.3, 0.4) is 0 Å². The number of likely N-dealkylation sites (tertiary alicyclic amines) is 1. The predicted molar refractivity (Wildman–Crippen MR) is 72.0 cm³/mol. The number of rotatable bonds is 3. The van der Waals surface area contributed by atoms with Crippen molar-refractivity contribution < 1.29 is 14.6 Å². The highest BCUT2D eigenvalue weighted by atomic mass is 16.5. The first-order valence-corrected chi connectivity index (χ1v) is 6.53. The molecule has 1 aliphatic heterocycles. The molecule has 104 valence electrons. The Bertz CT molecular complexity index is 428. The van der Waals surface area contributed by atoms with Crippen molar-refractivity contribution in [3.63, 3.8) is 0 Å². The van der Waals surface area contributed by atoms with Gasteiger partial charge in [0.15, 0.2) is 0 Å². The largest absolute Gasteiger partial charge is 0.496 e. The zero-order valence-electron chi connectivity index (χ0n) is 11.1. The first-order valence-electron chi connectivity index (χ1n) is 6.53. The van der Waals surface area contributed by atoms with Crippen LogP contribution in [0.5, 0.6) is 5.75 Å². The number of aliphatic hydroxyl groups is 1. The Kier molecular flexibility index (Phi) is 4.63. The van der Waals surface area contributed by atoms with Crippen LogP contribution in [-0.4, -0.2) is 42.3 Å². The number of aliphatic hydroxyl groups excluding tert-OH is 1. The van der Waals surface area contributed by atoms with E-state index in [1.54, 1.807) is 12.0 Å². The third-order valence-electron chi connectivity index (χ3n) is 3.37. The molecular weight excluding hydrogens is 244 g/mol. The molecule has 0 aromatic heterocycles. The van der Waals surface area contributed by atoms with Gasteiger partial charge in [0.25, 0.3) is 0 Å². The molecule has 1 aromatic carbocycles. The summed E-state index contributed by atoms with van der Waals surface area (Å²) < 4.78 is 5.24. The number of methoxy groups -OCH3 is 1. The molecule has 2 rings (SSSR count). The smallest absolute Gasteiger partial charge is 0.317 e. The maximum Gasteiger partial charge on any atom is 0.317 e. The average Bonchev–Trinajstić information content (AvgIpc) is 2.45. The lowest BCUT2D eigenvalue weighted by molar-refractivity contribution is 0.0936. The van der Waals surface area contributed by atoms with E-state index in [9.17, 15) is 9.90 Å². The van der Waals surface area contributed by atoms with Crippen molar-refractivity contribution in [2.45, 2.75) is 25.5 Å². The molecule has 1 aliphatic rings. The van der Waals surface area contributed by atoms with Crippen LogP contribution in [0.4, 0.5) is 4.79 Å². The Labute approximate surface area is 113 Å². The highest BCUT2D eigenvalue weighted by molar-refractivity contribution is 5.74. The van der Waals surface area contributed by atoms with Gasteiger partial charge in [-0.3, -0.25) is 0 Å². The summed E-state index contributed by atoms with van der Waals surface area (Å²) in [6.45, 7) is 1.67. The number of amides is 2. The number of ether oxygens (including phenoxy) is 1.